The van der Waals surface area contributed by atoms with Crippen molar-refractivity contribution in [1.82, 2.24) is 4.90 Å². The summed E-state index contributed by atoms with van der Waals surface area (Å²) in [4.78, 5) is 2.55. The molecular weight excluding hydrogens is 317 g/mol. The molecule has 3 nitrogen and oxygen atoms in total. The van der Waals surface area contributed by atoms with Crippen molar-refractivity contribution in [1.29, 1.82) is 0 Å². The highest BCUT2D eigenvalue weighted by Gasteiger charge is 2.10. The number of nitrogens with zero attached hydrogens (tertiary/aromatic N) is 1. The van der Waals surface area contributed by atoms with Gasteiger partial charge in [-0.25, -0.2) is 4.39 Å². The molecule has 2 aromatic carbocycles. The summed E-state index contributed by atoms with van der Waals surface area (Å²) in [5.74, 6) is 0.737. The van der Waals surface area contributed by atoms with Crippen LogP contribution in [0.3, 0.4) is 0 Å². The van der Waals surface area contributed by atoms with E-state index in [1.165, 1.54) is 50.5 Å². The third-order valence-corrected chi connectivity index (χ3v) is 4.51. The monoisotopic (exact) mass is 343 g/mol. The average Bonchev–Trinajstić information content (AvgIpc) is 3.15. The zero-order valence-corrected chi connectivity index (χ0v) is 14.6. The minimum Gasteiger partial charge on any atom is -0.490 e. The normalized spacial score (nSPS) is 14.6. The third-order valence-electron chi connectivity index (χ3n) is 4.51. The molecule has 0 aliphatic carbocycles. The number of hydrogen-bond donors (Lipinski definition) is 0. The van der Waals surface area contributed by atoms with Gasteiger partial charge in [0, 0.05) is 0 Å². The van der Waals surface area contributed by atoms with E-state index in [4.69, 9.17) is 9.47 Å². The minimum atomic E-state index is -0.346. The first-order chi connectivity index (χ1) is 12.3. The van der Waals surface area contributed by atoms with Crippen LogP contribution in [-0.2, 0) is 6.42 Å². The fourth-order valence-corrected chi connectivity index (χ4v) is 3.14. The number of hydrogen-bond acceptors (Lipinski definition) is 3. The van der Waals surface area contributed by atoms with Gasteiger partial charge >= 0.3 is 0 Å². The van der Waals surface area contributed by atoms with E-state index in [9.17, 15) is 4.39 Å². The maximum Gasteiger partial charge on any atom is 0.165 e. The molecule has 0 bridgehead atoms. The van der Waals surface area contributed by atoms with E-state index in [2.05, 4.69) is 17.0 Å². The second-order valence-corrected chi connectivity index (χ2v) is 6.42. The van der Waals surface area contributed by atoms with Crippen molar-refractivity contribution in [2.24, 2.45) is 0 Å². The number of ether oxygens (including phenoxy) is 2. The van der Waals surface area contributed by atoms with Crippen LogP contribution >= 0.6 is 0 Å². The van der Waals surface area contributed by atoms with Gasteiger partial charge in [-0.3, -0.25) is 0 Å². The maximum atomic E-state index is 13.4. The molecule has 4 heteroatoms. The summed E-state index contributed by atoms with van der Waals surface area (Å²) < 4.78 is 24.4. The zero-order valence-electron chi connectivity index (χ0n) is 14.6. The molecule has 0 spiro atoms. The molecule has 25 heavy (non-hydrogen) atoms. The molecule has 1 saturated heterocycles. The van der Waals surface area contributed by atoms with Crippen LogP contribution in [-0.4, -0.2) is 37.7 Å². The summed E-state index contributed by atoms with van der Waals surface area (Å²) in [6.07, 6.45) is 5.02. The van der Waals surface area contributed by atoms with E-state index in [1.807, 2.05) is 12.1 Å². The fraction of sp³-hybridized carbons (Fsp3) is 0.429. The van der Waals surface area contributed by atoms with Crippen molar-refractivity contribution in [2.75, 3.05) is 32.8 Å². The molecule has 0 atom stereocenters. The Labute approximate surface area is 149 Å². The van der Waals surface area contributed by atoms with Gasteiger partial charge in [0.2, 0.25) is 0 Å². The van der Waals surface area contributed by atoms with E-state index in [1.54, 1.807) is 18.2 Å². The Hall–Kier alpha value is -2.07. The van der Waals surface area contributed by atoms with Crippen molar-refractivity contribution >= 4 is 0 Å². The Morgan fingerprint density at radius 1 is 0.880 bits per heavy atom. The number of benzene rings is 2. The molecule has 0 aromatic heterocycles. The maximum absolute atomic E-state index is 13.4. The standard InChI is InChI=1S/C21H26FNO2/c22-20-7-1-2-8-21(20)25-17-16-24-19-11-9-18(10-12-19)6-5-15-23-13-3-4-14-23/h1-2,7-12H,3-6,13-17H2. The lowest BCUT2D eigenvalue weighted by Crippen LogP contribution is -2.20. The predicted molar refractivity (Wildman–Crippen MR) is 97.8 cm³/mol. The highest BCUT2D eigenvalue weighted by Crippen LogP contribution is 2.16. The summed E-state index contributed by atoms with van der Waals surface area (Å²) in [6.45, 7) is 4.44. The molecule has 3 rings (SSSR count). The summed E-state index contributed by atoms with van der Waals surface area (Å²) in [6, 6.07) is 14.6. The van der Waals surface area contributed by atoms with Crippen LogP contribution in [0.4, 0.5) is 4.39 Å². The van der Waals surface area contributed by atoms with Crippen LogP contribution < -0.4 is 9.47 Å². The van der Waals surface area contributed by atoms with Gasteiger partial charge in [-0.05, 0) is 75.1 Å². The SMILES string of the molecule is Fc1ccccc1OCCOc1ccc(CCCN2CCCC2)cc1. The van der Waals surface area contributed by atoms with Crippen molar-refractivity contribution in [3.63, 3.8) is 0 Å². The lowest BCUT2D eigenvalue weighted by Gasteiger charge is -2.14. The zero-order chi connectivity index (χ0) is 17.3. The van der Waals surface area contributed by atoms with Crippen molar-refractivity contribution in [3.05, 3.63) is 59.9 Å². The summed E-state index contributed by atoms with van der Waals surface area (Å²) in [5, 5.41) is 0. The minimum absolute atomic E-state index is 0.263. The van der Waals surface area contributed by atoms with Crippen LogP contribution in [0.2, 0.25) is 0 Å². The van der Waals surface area contributed by atoms with E-state index < -0.39 is 0 Å². The molecule has 134 valence electrons. The molecule has 0 N–H and O–H groups in total. The van der Waals surface area contributed by atoms with Gasteiger partial charge < -0.3 is 14.4 Å². The second-order valence-electron chi connectivity index (χ2n) is 6.42. The quantitative estimate of drug-likeness (QED) is 0.633. The predicted octanol–water partition coefficient (Wildman–Crippen LogP) is 4.31. The molecule has 0 unspecified atom stereocenters. The highest BCUT2D eigenvalue weighted by molar-refractivity contribution is 5.27. The van der Waals surface area contributed by atoms with Crippen molar-refractivity contribution in [3.8, 4) is 11.5 Å². The summed E-state index contributed by atoms with van der Waals surface area (Å²) in [5.41, 5.74) is 1.34. The van der Waals surface area contributed by atoms with Gasteiger partial charge in [0.1, 0.15) is 19.0 Å². The number of rotatable bonds is 9. The average molecular weight is 343 g/mol. The highest BCUT2D eigenvalue weighted by atomic mass is 19.1. The summed E-state index contributed by atoms with van der Waals surface area (Å²) in [7, 11) is 0. The number of halogens is 1. The first-order valence-corrected chi connectivity index (χ1v) is 9.13. The molecule has 0 amide bonds. The largest absolute Gasteiger partial charge is 0.490 e. The molecule has 1 fully saturated rings. The van der Waals surface area contributed by atoms with Crippen molar-refractivity contribution in [2.45, 2.75) is 25.7 Å². The van der Waals surface area contributed by atoms with Crippen LogP contribution in [0.15, 0.2) is 48.5 Å². The topological polar surface area (TPSA) is 21.7 Å². The molecular formula is C21H26FNO2. The fourth-order valence-electron chi connectivity index (χ4n) is 3.14. The number of aryl methyl sites for hydroxylation is 1. The summed E-state index contributed by atoms with van der Waals surface area (Å²) >= 11 is 0. The van der Waals surface area contributed by atoms with Crippen molar-refractivity contribution < 1.29 is 13.9 Å². The van der Waals surface area contributed by atoms with Gasteiger partial charge in [-0.15, -0.1) is 0 Å². The second kappa shape index (κ2) is 9.42. The number of para-hydroxylation sites is 1. The van der Waals surface area contributed by atoms with E-state index in [0.29, 0.717) is 13.2 Å². The third kappa shape index (κ3) is 5.75. The Balaban J connectivity index is 1.33. The molecule has 2 aromatic rings. The Morgan fingerprint density at radius 3 is 2.36 bits per heavy atom. The molecule has 1 aliphatic rings. The van der Waals surface area contributed by atoms with E-state index >= 15 is 0 Å². The van der Waals surface area contributed by atoms with Crippen LogP contribution in [0.25, 0.3) is 0 Å². The number of likely N-dealkylation sites (tertiary alicyclic amines) is 1. The smallest absolute Gasteiger partial charge is 0.165 e. The Kier molecular flexibility index (Phi) is 6.69. The molecule has 0 saturated carbocycles. The first kappa shape index (κ1) is 17.7. The Bertz CT molecular complexity index is 639. The molecule has 0 radical (unpaired) electrons. The van der Waals surface area contributed by atoms with Crippen LogP contribution in [0.5, 0.6) is 11.5 Å². The lowest BCUT2D eigenvalue weighted by molar-refractivity contribution is 0.211. The van der Waals surface area contributed by atoms with Crippen LogP contribution in [0.1, 0.15) is 24.8 Å². The van der Waals surface area contributed by atoms with Gasteiger partial charge in [-0.1, -0.05) is 24.3 Å². The van der Waals surface area contributed by atoms with E-state index in [-0.39, 0.29) is 11.6 Å². The molecule has 1 heterocycles. The van der Waals surface area contributed by atoms with Gasteiger partial charge in [-0.2, -0.15) is 0 Å². The van der Waals surface area contributed by atoms with E-state index in [0.717, 1.165) is 12.2 Å². The van der Waals surface area contributed by atoms with Gasteiger partial charge in [0.15, 0.2) is 11.6 Å². The van der Waals surface area contributed by atoms with Gasteiger partial charge in [0.25, 0.3) is 0 Å². The van der Waals surface area contributed by atoms with Gasteiger partial charge in [0.05, 0.1) is 0 Å². The first-order valence-electron chi connectivity index (χ1n) is 9.13. The Morgan fingerprint density at radius 2 is 1.60 bits per heavy atom. The lowest BCUT2D eigenvalue weighted by atomic mass is 10.1. The molecule has 1 aliphatic heterocycles. The van der Waals surface area contributed by atoms with Crippen LogP contribution in [0, 0.1) is 5.82 Å².